The molecule has 0 fully saturated rings. The first-order valence-corrected chi connectivity index (χ1v) is 12.8. The van der Waals surface area contributed by atoms with Gasteiger partial charge in [0.15, 0.2) is 0 Å². The molecule has 0 radical (unpaired) electrons. The Morgan fingerprint density at radius 2 is 0.731 bits per heavy atom. The van der Waals surface area contributed by atoms with Gasteiger partial charge in [-0.15, -0.1) is 0 Å². The molecular formula is C21H46BrNO3. The van der Waals surface area contributed by atoms with E-state index in [4.69, 9.17) is 12.6 Å². The maximum absolute atomic E-state index is 8.52. The first-order chi connectivity index (χ1) is 12.3. The highest BCUT2D eigenvalue weighted by Crippen LogP contribution is 2.13. The highest BCUT2D eigenvalue weighted by Gasteiger charge is 2.04. The molecule has 0 rings (SSSR count). The molecule has 0 aromatic rings. The Morgan fingerprint density at radius 3 is 0.962 bits per heavy atom. The molecule has 0 saturated heterocycles. The molecule has 0 atom stereocenters. The zero-order chi connectivity index (χ0) is 20.1. The summed E-state index contributed by atoms with van der Waals surface area (Å²) in [5, 5.41) is 0. The van der Waals surface area contributed by atoms with Crippen molar-refractivity contribution in [2.45, 2.75) is 110 Å². The summed E-state index contributed by atoms with van der Waals surface area (Å²) in [6.07, 6.45) is 23.4. The van der Waals surface area contributed by atoms with Gasteiger partial charge in [-0.3, -0.25) is 0 Å². The Bertz CT molecular complexity index is 255. The Morgan fingerprint density at radius 1 is 0.500 bits per heavy atom. The predicted molar refractivity (Wildman–Crippen MR) is 102 cm³/mol. The lowest BCUT2D eigenvalue weighted by atomic mass is 10.0. The van der Waals surface area contributed by atoms with Gasteiger partial charge in [0.05, 0.1) is 27.7 Å². The Hall–Kier alpha value is 0.320. The van der Waals surface area contributed by atoms with Crippen molar-refractivity contribution in [2.24, 2.45) is 0 Å². The molecular weight excluding hydrogens is 394 g/mol. The monoisotopic (exact) mass is 439 g/mol. The van der Waals surface area contributed by atoms with Crippen LogP contribution in [-0.2, 0) is 0 Å². The minimum Gasteiger partial charge on any atom is -0.405 e. The van der Waals surface area contributed by atoms with Crippen molar-refractivity contribution in [2.75, 3.05) is 27.7 Å². The fourth-order valence-electron chi connectivity index (χ4n) is 3.13. The summed E-state index contributed by atoms with van der Waals surface area (Å²) in [6.45, 7) is 3.63. The van der Waals surface area contributed by atoms with Gasteiger partial charge in [0.2, 0.25) is 14.8 Å². The van der Waals surface area contributed by atoms with E-state index in [9.17, 15) is 0 Å². The average Bonchev–Trinajstić information content (AvgIpc) is 2.53. The van der Waals surface area contributed by atoms with Crippen molar-refractivity contribution >= 4 is 0 Å². The van der Waals surface area contributed by atoms with Crippen molar-refractivity contribution in [3.63, 3.8) is 0 Å². The lowest BCUT2D eigenvalue weighted by molar-refractivity contribution is -1.73. The van der Waals surface area contributed by atoms with E-state index in [1.54, 1.807) is 0 Å². The molecule has 0 aromatic carbocycles. The number of halogens is 1. The maximum Gasteiger partial charge on any atom is 0.216 e. The second-order valence-corrected chi connectivity index (χ2v) is 9.30. The van der Waals surface area contributed by atoms with E-state index < -0.39 is 14.8 Å². The largest absolute Gasteiger partial charge is 0.405 e. The molecule has 26 heavy (non-hydrogen) atoms. The van der Waals surface area contributed by atoms with E-state index in [2.05, 4.69) is 28.1 Å². The van der Waals surface area contributed by atoms with E-state index >= 15 is 0 Å². The van der Waals surface area contributed by atoms with Gasteiger partial charge in [0, 0.05) is 0 Å². The fourth-order valence-corrected chi connectivity index (χ4v) is 3.13. The summed E-state index contributed by atoms with van der Waals surface area (Å²) in [5.41, 5.74) is 0. The van der Waals surface area contributed by atoms with Crippen LogP contribution in [0.2, 0.25) is 0 Å². The maximum atomic E-state index is 8.52. The van der Waals surface area contributed by atoms with Gasteiger partial charge < -0.3 is 17.1 Å². The Kier molecular flexibility index (Phi) is 23.7. The summed E-state index contributed by atoms with van der Waals surface area (Å²) >= 11 is -3.65. The number of nitrogens with zero attached hydrogens (tertiary/aromatic N) is 1. The second-order valence-electron chi connectivity index (χ2n) is 8.51. The zero-order valence-corrected chi connectivity index (χ0v) is 19.7. The molecule has 0 saturated carbocycles. The highest BCUT2D eigenvalue weighted by molar-refractivity contribution is 4.49. The van der Waals surface area contributed by atoms with Gasteiger partial charge in [-0.1, -0.05) is 96.8 Å². The van der Waals surface area contributed by atoms with Crippen LogP contribution in [0, 0.1) is 14.8 Å². The molecule has 0 amide bonds. The molecule has 0 spiro atoms. The van der Waals surface area contributed by atoms with Crippen molar-refractivity contribution in [1.82, 2.24) is 0 Å². The highest BCUT2D eigenvalue weighted by atomic mass is 80.0. The van der Waals surface area contributed by atoms with Crippen LogP contribution in [-0.4, -0.2) is 32.2 Å². The molecule has 0 bridgehead atoms. The number of hydrogen-bond donors (Lipinski definition) is 0. The Balaban J connectivity index is 0. The third kappa shape index (κ3) is 35.4. The third-order valence-electron chi connectivity index (χ3n) is 4.68. The van der Waals surface area contributed by atoms with Crippen LogP contribution in [0.4, 0.5) is 0 Å². The van der Waals surface area contributed by atoms with Crippen LogP contribution >= 0.6 is 0 Å². The lowest BCUT2D eigenvalue weighted by Gasteiger charge is -2.23. The van der Waals surface area contributed by atoms with E-state index in [1.165, 1.54) is 109 Å². The average molecular weight is 441 g/mol. The SMILES string of the molecule is CCCCCCCCCCCCCCCCCC[N+](C)(C)C.[O-][Br+2]([O-])[O-]. The molecule has 0 unspecified atom stereocenters. The van der Waals surface area contributed by atoms with E-state index in [0.717, 1.165) is 4.48 Å². The summed E-state index contributed by atoms with van der Waals surface area (Å²) < 4.78 is 26.7. The summed E-state index contributed by atoms with van der Waals surface area (Å²) in [7, 11) is 6.89. The normalized spacial score (nSPS) is 11.5. The third-order valence-corrected chi connectivity index (χ3v) is 4.68. The van der Waals surface area contributed by atoms with Crippen LogP contribution in [0.1, 0.15) is 110 Å². The van der Waals surface area contributed by atoms with Crippen molar-refractivity contribution < 1.29 is 31.9 Å². The van der Waals surface area contributed by atoms with Gasteiger partial charge in [-0.2, -0.15) is 0 Å². The number of rotatable bonds is 17. The zero-order valence-electron chi connectivity index (χ0n) is 18.1. The van der Waals surface area contributed by atoms with Gasteiger partial charge in [0.25, 0.3) is 0 Å². The van der Waals surface area contributed by atoms with Crippen LogP contribution in [0.15, 0.2) is 0 Å². The van der Waals surface area contributed by atoms with E-state index in [1.807, 2.05) is 0 Å². The molecule has 0 heterocycles. The van der Waals surface area contributed by atoms with Crippen LogP contribution < -0.4 is 12.6 Å². The molecule has 0 aliphatic carbocycles. The second kappa shape index (κ2) is 21.6. The fraction of sp³-hybridized carbons (Fsp3) is 1.00. The van der Waals surface area contributed by atoms with Crippen molar-refractivity contribution in [3.05, 3.63) is 0 Å². The van der Waals surface area contributed by atoms with Crippen LogP contribution in [0.3, 0.4) is 0 Å². The molecule has 0 aliphatic heterocycles. The molecule has 0 N–H and O–H groups in total. The lowest BCUT2D eigenvalue weighted by Crippen LogP contribution is -2.42. The van der Waals surface area contributed by atoms with E-state index in [0.29, 0.717) is 0 Å². The van der Waals surface area contributed by atoms with Gasteiger partial charge in [-0.05, 0) is 12.8 Å². The molecule has 160 valence electrons. The van der Waals surface area contributed by atoms with Crippen LogP contribution in [0.5, 0.6) is 0 Å². The number of quaternary nitrogens is 1. The summed E-state index contributed by atoms with van der Waals surface area (Å²) in [5.74, 6) is 0. The van der Waals surface area contributed by atoms with Crippen molar-refractivity contribution in [3.8, 4) is 0 Å². The van der Waals surface area contributed by atoms with Crippen molar-refractivity contribution in [1.29, 1.82) is 0 Å². The minimum absolute atomic E-state index is 1.12. The predicted octanol–water partition coefficient (Wildman–Crippen LogP) is 3.39. The molecule has 4 nitrogen and oxygen atoms in total. The summed E-state index contributed by atoms with van der Waals surface area (Å²) in [4.78, 5) is 0. The first kappa shape index (κ1) is 28.5. The quantitative estimate of drug-likeness (QED) is 0.257. The van der Waals surface area contributed by atoms with Crippen LogP contribution in [0.25, 0.3) is 0 Å². The smallest absolute Gasteiger partial charge is 0.216 e. The minimum atomic E-state index is -3.65. The molecule has 0 aliphatic rings. The number of hydrogen-bond acceptors (Lipinski definition) is 3. The first-order valence-electron chi connectivity index (χ1n) is 10.8. The standard InChI is InChI=1S/C21H46N.BrO3/c1-5-6-7-8-9-10-11-12-13-14-15-16-17-18-19-20-21-22(2,3)4;2-1(3)4/h5-21H2,1-4H3;/q+1;-1. The van der Waals surface area contributed by atoms with Gasteiger partial charge >= 0.3 is 0 Å². The van der Waals surface area contributed by atoms with Gasteiger partial charge in [0.1, 0.15) is 0 Å². The summed E-state index contributed by atoms with van der Waals surface area (Å²) in [6, 6.07) is 0. The van der Waals surface area contributed by atoms with Gasteiger partial charge in [-0.25, -0.2) is 0 Å². The molecule has 0 aromatic heterocycles. The van der Waals surface area contributed by atoms with E-state index in [-0.39, 0.29) is 0 Å². The number of unbranched alkanes of at least 4 members (excludes halogenated alkanes) is 15. The molecule has 5 heteroatoms. The Labute approximate surface area is 169 Å². The topological polar surface area (TPSA) is 69.2 Å².